The number of benzene rings is 1. The third kappa shape index (κ3) is 4.99. The Morgan fingerprint density at radius 3 is 2.83 bits per heavy atom. The predicted octanol–water partition coefficient (Wildman–Crippen LogP) is 2.99. The minimum absolute atomic E-state index is 0.362. The van der Waals surface area contributed by atoms with Gasteiger partial charge < -0.3 is 10.1 Å². The minimum atomic E-state index is -0.836. The number of esters is 1. The number of anilines is 1. The molecule has 24 heavy (non-hydrogen) atoms. The van der Waals surface area contributed by atoms with E-state index < -0.39 is 29.2 Å². The van der Waals surface area contributed by atoms with Gasteiger partial charge in [-0.15, -0.1) is 0 Å². The summed E-state index contributed by atoms with van der Waals surface area (Å²) in [6.07, 6.45) is 2.68. The molecule has 7 nitrogen and oxygen atoms in total. The van der Waals surface area contributed by atoms with E-state index in [-0.39, 0.29) is 11.4 Å². The lowest BCUT2D eigenvalue weighted by Crippen LogP contribution is -2.20. The number of halogens is 1. The molecule has 0 saturated carbocycles. The number of non-ortho nitro benzene ring substituents is 1. The van der Waals surface area contributed by atoms with Crippen molar-refractivity contribution in [3.8, 4) is 0 Å². The van der Waals surface area contributed by atoms with Crippen molar-refractivity contribution in [2.45, 2.75) is 0 Å². The first kappa shape index (κ1) is 17.3. The summed E-state index contributed by atoms with van der Waals surface area (Å²) < 4.78 is 18.2. The summed E-state index contributed by atoms with van der Waals surface area (Å²) in [5.41, 5.74) is 0.0847. The van der Waals surface area contributed by atoms with Crippen molar-refractivity contribution in [1.29, 1.82) is 0 Å². The van der Waals surface area contributed by atoms with Crippen molar-refractivity contribution in [2.75, 3.05) is 11.9 Å². The first-order valence-electron chi connectivity index (χ1n) is 6.56. The molecule has 1 heterocycles. The summed E-state index contributed by atoms with van der Waals surface area (Å²) in [4.78, 5) is 33.0. The van der Waals surface area contributed by atoms with Crippen molar-refractivity contribution in [3.05, 3.63) is 62.6 Å². The lowest BCUT2D eigenvalue weighted by molar-refractivity contribution is -0.384. The number of nitro benzene ring substituents is 1. The summed E-state index contributed by atoms with van der Waals surface area (Å²) in [6.45, 7) is -0.644. The third-order valence-electron chi connectivity index (χ3n) is 2.74. The molecule has 0 atom stereocenters. The molecule has 2 rings (SSSR count). The van der Waals surface area contributed by atoms with Crippen LogP contribution in [0, 0.1) is 15.9 Å². The van der Waals surface area contributed by atoms with E-state index >= 15 is 0 Å². The topological polar surface area (TPSA) is 98.5 Å². The van der Waals surface area contributed by atoms with Crippen LogP contribution in [0.2, 0.25) is 0 Å². The van der Waals surface area contributed by atoms with E-state index in [0.717, 1.165) is 29.8 Å². The fourth-order valence-corrected chi connectivity index (χ4v) is 2.26. The molecule has 1 aromatic heterocycles. The maximum atomic E-state index is 13.5. The Morgan fingerprint density at radius 2 is 2.17 bits per heavy atom. The number of nitrogens with one attached hydrogen (secondary N) is 1. The summed E-state index contributed by atoms with van der Waals surface area (Å²) >= 11 is 1.46. The van der Waals surface area contributed by atoms with Gasteiger partial charge in [0.1, 0.15) is 5.82 Å². The molecule has 124 valence electrons. The molecule has 1 aromatic carbocycles. The Balaban J connectivity index is 1.88. The maximum Gasteiger partial charge on any atom is 0.331 e. The lowest BCUT2D eigenvalue weighted by atomic mass is 10.2. The van der Waals surface area contributed by atoms with Crippen molar-refractivity contribution >= 4 is 40.7 Å². The molecule has 1 N–H and O–H groups in total. The number of carbonyl (C=O) groups is 2. The molecule has 0 bridgehead atoms. The van der Waals surface area contributed by atoms with Gasteiger partial charge in [-0.2, -0.15) is 11.3 Å². The van der Waals surface area contributed by atoms with Crippen LogP contribution in [-0.2, 0) is 14.3 Å². The number of thiophene rings is 1. The highest BCUT2D eigenvalue weighted by molar-refractivity contribution is 7.08. The second-order valence-electron chi connectivity index (χ2n) is 4.47. The molecule has 0 aliphatic carbocycles. The number of hydrogen-bond donors (Lipinski definition) is 1. The van der Waals surface area contributed by atoms with E-state index in [1.54, 1.807) is 6.07 Å². The van der Waals surface area contributed by atoms with Crippen molar-refractivity contribution in [2.24, 2.45) is 0 Å². The van der Waals surface area contributed by atoms with Crippen LogP contribution in [0.15, 0.2) is 41.1 Å². The number of carbonyl (C=O) groups excluding carboxylic acids is 2. The Hall–Kier alpha value is -3.07. The summed E-state index contributed by atoms with van der Waals surface area (Å²) in [5.74, 6) is -2.39. The summed E-state index contributed by atoms with van der Waals surface area (Å²) in [6, 6.07) is 4.52. The Bertz CT molecular complexity index is 789. The van der Waals surface area contributed by atoms with E-state index in [9.17, 15) is 24.1 Å². The number of nitro groups is 1. The smallest absolute Gasteiger partial charge is 0.331 e. The molecule has 9 heteroatoms. The molecule has 0 spiro atoms. The standard InChI is InChI=1S/C15H11FN2O5S/c16-12-3-2-11(18(21)22)7-13(12)17-14(19)8-23-15(20)4-1-10-5-6-24-9-10/h1-7,9H,8H2,(H,17,19)/b4-1+. The quantitative estimate of drug-likeness (QED) is 0.374. The maximum absolute atomic E-state index is 13.5. The average Bonchev–Trinajstić information content (AvgIpc) is 3.06. The van der Waals surface area contributed by atoms with Crippen LogP contribution in [0.1, 0.15) is 5.56 Å². The van der Waals surface area contributed by atoms with Crippen LogP contribution in [0.4, 0.5) is 15.8 Å². The fraction of sp³-hybridized carbons (Fsp3) is 0.0667. The molecular weight excluding hydrogens is 339 g/mol. The third-order valence-corrected chi connectivity index (χ3v) is 3.44. The van der Waals surface area contributed by atoms with Gasteiger partial charge in [0.2, 0.25) is 0 Å². The zero-order chi connectivity index (χ0) is 17.5. The van der Waals surface area contributed by atoms with Crippen LogP contribution in [-0.4, -0.2) is 23.4 Å². The van der Waals surface area contributed by atoms with E-state index in [1.807, 2.05) is 10.8 Å². The monoisotopic (exact) mass is 350 g/mol. The summed E-state index contributed by atoms with van der Waals surface area (Å²) in [5, 5.41) is 16.4. The molecule has 0 radical (unpaired) electrons. The average molecular weight is 350 g/mol. The molecule has 0 saturated heterocycles. The second-order valence-corrected chi connectivity index (χ2v) is 5.25. The van der Waals surface area contributed by atoms with E-state index in [1.165, 1.54) is 17.4 Å². The number of rotatable bonds is 6. The van der Waals surface area contributed by atoms with Crippen molar-refractivity contribution < 1.29 is 23.6 Å². The molecule has 0 unspecified atom stereocenters. The Labute approximate surface area is 139 Å². The van der Waals surface area contributed by atoms with Gasteiger partial charge in [0.15, 0.2) is 6.61 Å². The highest BCUT2D eigenvalue weighted by atomic mass is 32.1. The Kier molecular flexibility index (Phi) is 5.74. The molecule has 0 aliphatic rings. The highest BCUT2D eigenvalue weighted by Gasteiger charge is 2.13. The number of ether oxygens (including phenoxy) is 1. The number of hydrogen-bond acceptors (Lipinski definition) is 6. The first-order valence-corrected chi connectivity index (χ1v) is 7.51. The normalized spacial score (nSPS) is 10.5. The van der Waals surface area contributed by atoms with Gasteiger partial charge in [0.25, 0.3) is 11.6 Å². The zero-order valence-electron chi connectivity index (χ0n) is 12.1. The SMILES string of the molecule is O=C(COC(=O)/C=C/c1ccsc1)Nc1cc([N+](=O)[O-])ccc1F. The van der Waals surface area contributed by atoms with Crippen LogP contribution in [0.5, 0.6) is 0 Å². The van der Waals surface area contributed by atoms with Gasteiger partial charge in [0.05, 0.1) is 10.6 Å². The van der Waals surface area contributed by atoms with Gasteiger partial charge >= 0.3 is 5.97 Å². The largest absolute Gasteiger partial charge is 0.452 e. The van der Waals surface area contributed by atoms with Gasteiger partial charge in [-0.1, -0.05) is 0 Å². The molecule has 0 fully saturated rings. The molecule has 2 aromatic rings. The number of nitrogens with zero attached hydrogens (tertiary/aromatic N) is 1. The second kappa shape index (κ2) is 7.97. The van der Waals surface area contributed by atoms with Crippen molar-refractivity contribution in [1.82, 2.24) is 0 Å². The lowest BCUT2D eigenvalue weighted by Gasteiger charge is -2.06. The number of amides is 1. The van der Waals surface area contributed by atoms with Crippen LogP contribution in [0.3, 0.4) is 0 Å². The van der Waals surface area contributed by atoms with Crippen LogP contribution >= 0.6 is 11.3 Å². The minimum Gasteiger partial charge on any atom is -0.452 e. The predicted molar refractivity (Wildman–Crippen MR) is 86.0 cm³/mol. The van der Waals surface area contributed by atoms with E-state index in [0.29, 0.717) is 0 Å². The molecule has 0 aliphatic heterocycles. The molecule has 1 amide bonds. The Morgan fingerprint density at radius 1 is 1.38 bits per heavy atom. The van der Waals surface area contributed by atoms with Crippen LogP contribution < -0.4 is 5.32 Å². The fourth-order valence-electron chi connectivity index (χ4n) is 1.63. The first-order chi connectivity index (χ1) is 11.5. The van der Waals surface area contributed by atoms with Gasteiger partial charge in [-0.25, -0.2) is 9.18 Å². The van der Waals surface area contributed by atoms with Gasteiger partial charge in [-0.3, -0.25) is 14.9 Å². The zero-order valence-corrected chi connectivity index (χ0v) is 12.9. The van der Waals surface area contributed by atoms with Crippen molar-refractivity contribution in [3.63, 3.8) is 0 Å². The van der Waals surface area contributed by atoms with Gasteiger partial charge in [-0.05, 0) is 34.5 Å². The van der Waals surface area contributed by atoms with E-state index in [2.05, 4.69) is 5.32 Å². The van der Waals surface area contributed by atoms with E-state index in [4.69, 9.17) is 4.74 Å². The summed E-state index contributed by atoms with van der Waals surface area (Å²) in [7, 11) is 0. The van der Waals surface area contributed by atoms with Gasteiger partial charge in [0, 0.05) is 18.2 Å². The van der Waals surface area contributed by atoms with Crippen LogP contribution in [0.25, 0.3) is 6.08 Å². The highest BCUT2D eigenvalue weighted by Crippen LogP contribution is 2.21. The molecular formula is C15H11FN2O5S.